The van der Waals surface area contributed by atoms with E-state index in [-0.39, 0.29) is 30.6 Å². The summed E-state index contributed by atoms with van der Waals surface area (Å²) in [5, 5.41) is 9.54. The molecule has 0 spiro atoms. The van der Waals surface area contributed by atoms with Crippen molar-refractivity contribution < 1.29 is 33.6 Å². The van der Waals surface area contributed by atoms with E-state index in [2.05, 4.69) is 0 Å². The lowest BCUT2D eigenvalue weighted by Crippen LogP contribution is -2.57. The van der Waals surface area contributed by atoms with Gasteiger partial charge in [0.1, 0.15) is 5.60 Å². The van der Waals surface area contributed by atoms with Crippen LogP contribution in [0.5, 0.6) is 11.5 Å². The van der Waals surface area contributed by atoms with Gasteiger partial charge in [-0.15, -0.1) is 0 Å². The summed E-state index contributed by atoms with van der Waals surface area (Å²) in [5.41, 5.74) is -0.142. The third-order valence-electron chi connectivity index (χ3n) is 6.12. The van der Waals surface area contributed by atoms with Crippen LogP contribution >= 0.6 is 0 Å². The van der Waals surface area contributed by atoms with Gasteiger partial charge in [-0.3, -0.25) is 4.79 Å². The second-order valence-electron chi connectivity index (χ2n) is 10.4. The number of ether oxygens (including phenoxy) is 4. The number of hydrogen-bond acceptors (Lipinski definition) is 7. The van der Waals surface area contributed by atoms with Crippen molar-refractivity contribution in [2.45, 2.75) is 84.0 Å². The molecule has 1 N–H and O–H groups in total. The highest BCUT2D eigenvalue weighted by molar-refractivity contribution is 5.95. The lowest BCUT2D eigenvalue weighted by molar-refractivity contribution is -0.00992. The summed E-state index contributed by atoms with van der Waals surface area (Å²) < 4.78 is 22.0. The maximum atomic E-state index is 13.8. The van der Waals surface area contributed by atoms with E-state index in [4.69, 9.17) is 18.9 Å². The molecule has 0 saturated carbocycles. The van der Waals surface area contributed by atoms with E-state index in [1.165, 1.54) is 0 Å². The number of piperidine rings is 1. The molecule has 36 heavy (non-hydrogen) atoms. The van der Waals surface area contributed by atoms with Gasteiger partial charge < -0.3 is 33.9 Å². The molecule has 1 saturated heterocycles. The minimum atomic E-state index is -0.635. The molecule has 0 aliphatic carbocycles. The highest BCUT2D eigenvalue weighted by Crippen LogP contribution is 2.31. The summed E-state index contributed by atoms with van der Waals surface area (Å²) in [6, 6.07) is 4.79. The Balaban J connectivity index is 2.27. The molecule has 2 atom stereocenters. The van der Waals surface area contributed by atoms with E-state index in [9.17, 15) is 14.7 Å². The Morgan fingerprint density at radius 2 is 1.86 bits per heavy atom. The zero-order valence-corrected chi connectivity index (χ0v) is 22.9. The Bertz CT molecular complexity index is 853. The Morgan fingerprint density at radius 3 is 2.44 bits per heavy atom. The van der Waals surface area contributed by atoms with Crippen molar-refractivity contribution in [2.24, 2.45) is 0 Å². The summed E-state index contributed by atoms with van der Waals surface area (Å²) >= 11 is 0. The first-order valence-electron chi connectivity index (χ1n) is 12.7. The second-order valence-corrected chi connectivity index (χ2v) is 10.4. The van der Waals surface area contributed by atoms with E-state index in [1.54, 1.807) is 37.3 Å². The maximum absolute atomic E-state index is 13.8. The molecule has 2 rings (SSSR count). The van der Waals surface area contributed by atoms with Crippen LogP contribution in [0, 0.1) is 0 Å². The van der Waals surface area contributed by atoms with Gasteiger partial charge in [-0.2, -0.15) is 0 Å². The number of carbonyl (C=O) groups excluding carboxylic acids is 2. The summed E-state index contributed by atoms with van der Waals surface area (Å²) in [6.45, 7) is 10.8. The number of hydrogen-bond donors (Lipinski definition) is 1. The molecule has 204 valence electrons. The molecule has 9 nitrogen and oxygen atoms in total. The molecule has 1 fully saturated rings. The van der Waals surface area contributed by atoms with Gasteiger partial charge in [-0.25, -0.2) is 4.79 Å². The van der Waals surface area contributed by atoms with Gasteiger partial charge in [-0.05, 0) is 72.1 Å². The smallest absolute Gasteiger partial charge is 0.410 e. The first-order valence-corrected chi connectivity index (χ1v) is 12.7. The van der Waals surface area contributed by atoms with Crippen LogP contribution in [0.3, 0.4) is 0 Å². The Hall–Kier alpha value is -2.52. The maximum Gasteiger partial charge on any atom is 0.410 e. The summed E-state index contributed by atoms with van der Waals surface area (Å²) in [7, 11) is 3.21. The van der Waals surface area contributed by atoms with E-state index in [0.29, 0.717) is 56.1 Å². The van der Waals surface area contributed by atoms with Crippen molar-refractivity contribution in [2.75, 3.05) is 40.6 Å². The van der Waals surface area contributed by atoms with E-state index >= 15 is 0 Å². The second kappa shape index (κ2) is 13.7. The first kappa shape index (κ1) is 29.7. The molecule has 1 aromatic rings. The molecular weight excluding hydrogens is 464 g/mol. The van der Waals surface area contributed by atoms with E-state index < -0.39 is 11.7 Å². The number of aliphatic hydroxyl groups excluding tert-OH is 1. The van der Waals surface area contributed by atoms with Crippen molar-refractivity contribution in [1.29, 1.82) is 0 Å². The molecule has 0 unspecified atom stereocenters. The Labute approximate surface area is 215 Å². The molecule has 0 bridgehead atoms. The van der Waals surface area contributed by atoms with Gasteiger partial charge in [0, 0.05) is 50.9 Å². The highest BCUT2D eigenvalue weighted by Gasteiger charge is 2.38. The minimum Gasteiger partial charge on any atom is -0.493 e. The lowest BCUT2D eigenvalue weighted by atomic mass is 9.94. The largest absolute Gasteiger partial charge is 0.493 e. The third-order valence-corrected chi connectivity index (χ3v) is 6.12. The fourth-order valence-electron chi connectivity index (χ4n) is 4.51. The monoisotopic (exact) mass is 508 g/mol. The van der Waals surface area contributed by atoms with Gasteiger partial charge in [0.2, 0.25) is 0 Å². The fourth-order valence-corrected chi connectivity index (χ4v) is 4.51. The lowest BCUT2D eigenvalue weighted by Gasteiger charge is -2.45. The van der Waals surface area contributed by atoms with Crippen LogP contribution in [0.1, 0.15) is 70.7 Å². The molecule has 2 amide bonds. The van der Waals surface area contributed by atoms with Crippen LogP contribution in [-0.4, -0.2) is 91.2 Å². The fraction of sp³-hybridized carbons (Fsp3) is 0.704. The first-order chi connectivity index (χ1) is 17.0. The van der Waals surface area contributed by atoms with Crippen molar-refractivity contribution >= 4 is 12.0 Å². The van der Waals surface area contributed by atoms with Crippen LogP contribution in [0.15, 0.2) is 18.2 Å². The van der Waals surface area contributed by atoms with Crippen LogP contribution < -0.4 is 9.47 Å². The summed E-state index contributed by atoms with van der Waals surface area (Å²) in [6.07, 6.45) is 2.18. The highest BCUT2D eigenvalue weighted by atomic mass is 16.6. The zero-order chi connectivity index (χ0) is 26.9. The Kier molecular flexibility index (Phi) is 11.3. The number of carbonyl (C=O) groups is 2. The SMILES string of the molecule is COCCCOc1cc(C(=O)N(C(C)C)[C@@H]2CC[C@@H](CCO)N(C(=O)OC(C)(C)C)C2)ccc1OC. The third kappa shape index (κ3) is 8.27. The number of methoxy groups -OCH3 is 2. The topological polar surface area (TPSA) is 97.8 Å². The van der Waals surface area contributed by atoms with Gasteiger partial charge >= 0.3 is 6.09 Å². The molecule has 1 aliphatic rings. The predicted octanol–water partition coefficient (Wildman–Crippen LogP) is 4.11. The molecule has 1 heterocycles. The normalized spacial score (nSPS) is 18.2. The number of aliphatic hydroxyl groups is 1. The molecule has 0 aromatic heterocycles. The van der Waals surface area contributed by atoms with E-state index in [0.717, 1.165) is 6.42 Å². The van der Waals surface area contributed by atoms with Crippen LogP contribution in [0.4, 0.5) is 4.79 Å². The van der Waals surface area contributed by atoms with Crippen molar-refractivity contribution in [3.05, 3.63) is 23.8 Å². The molecular formula is C27H44N2O7. The number of likely N-dealkylation sites (tertiary alicyclic amines) is 1. The van der Waals surface area contributed by atoms with E-state index in [1.807, 2.05) is 39.5 Å². The van der Waals surface area contributed by atoms with Crippen LogP contribution in [-0.2, 0) is 9.47 Å². The van der Waals surface area contributed by atoms with Crippen LogP contribution in [0.2, 0.25) is 0 Å². The van der Waals surface area contributed by atoms with Crippen molar-refractivity contribution in [3.8, 4) is 11.5 Å². The van der Waals surface area contributed by atoms with Gasteiger partial charge in [0.05, 0.1) is 19.8 Å². The molecule has 1 aliphatic heterocycles. The Morgan fingerprint density at radius 1 is 1.14 bits per heavy atom. The predicted molar refractivity (Wildman–Crippen MR) is 138 cm³/mol. The van der Waals surface area contributed by atoms with Crippen LogP contribution in [0.25, 0.3) is 0 Å². The number of benzene rings is 1. The molecule has 1 aromatic carbocycles. The molecule has 9 heteroatoms. The number of amides is 2. The molecule has 0 radical (unpaired) electrons. The van der Waals surface area contributed by atoms with Crippen molar-refractivity contribution in [3.63, 3.8) is 0 Å². The van der Waals surface area contributed by atoms with Gasteiger partial charge in [0.15, 0.2) is 11.5 Å². The van der Waals surface area contributed by atoms with Crippen molar-refractivity contribution in [1.82, 2.24) is 9.80 Å². The number of nitrogens with zero attached hydrogens (tertiary/aromatic N) is 2. The standard InChI is InChI=1S/C27H44N2O7/c1-19(2)29(22-11-10-21(13-14-30)28(18-22)26(32)36-27(3,4)5)25(31)20-9-12-23(34-7)24(17-20)35-16-8-15-33-6/h9,12,17,19,21-22,30H,8,10-11,13-16,18H2,1-7H3/t21-,22+/m0/s1. The summed E-state index contributed by atoms with van der Waals surface area (Å²) in [5.74, 6) is 0.926. The van der Waals surface area contributed by atoms with Gasteiger partial charge in [-0.1, -0.05) is 0 Å². The number of rotatable bonds is 11. The zero-order valence-electron chi connectivity index (χ0n) is 22.9. The van der Waals surface area contributed by atoms with Gasteiger partial charge in [0.25, 0.3) is 5.91 Å². The average molecular weight is 509 g/mol. The quantitative estimate of drug-likeness (QED) is 0.449. The average Bonchev–Trinajstić information content (AvgIpc) is 2.81. The summed E-state index contributed by atoms with van der Waals surface area (Å²) in [4.78, 5) is 30.3. The minimum absolute atomic E-state index is 0.0134.